The Bertz CT molecular complexity index is 703. The van der Waals surface area contributed by atoms with Gasteiger partial charge in [-0.2, -0.15) is 0 Å². The van der Waals surface area contributed by atoms with E-state index in [9.17, 15) is 4.57 Å². The summed E-state index contributed by atoms with van der Waals surface area (Å²) in [4.78, 5) is 9.50. The van der Waals surface area contributed by atoms with Crippen molar-refractivity contribution in [3.63, 3.8) is 0 Å². The lowest BCUT2D eigenvalue weighted by molar-refractivity contribution is 0.289. The van der Waals surface area contributed by atoms with Gasteiger partial charge in [0.15, 0.2) is 0 Å². The van der Waals surface area contributed by atoms with Crippen LogP contribution in [-0.4, -0.2) is 41.6 Å². The first-order valence-corrected chi connectivity index (χ1v) is 11.9. The zero-order chi connectivity index (χ0) is 17.9. The smallest absolute Gasteiger partial charge is 0.308 e. The van der Waals surface area contributed by atoms with Crippen molar-refractivity contribution in [2.45, 2.75) is 30.6 Å². The van der Waals surface area contributed by atoms with E-state index in [1.54, 1.807) is 23.5 Å². The van der Waals surface area contributed by atoms with Crippen molar-refractivity contribution in [2.75, 3.05) is 20.5 Å². The molecule has 1 saturated carbocycles. The maximum atomic E-state index is 12.6. The molecule has 8 heteroatoms. The van der Waals surface area contributed by atoms with Crippen LogP contribution in [0.5, 0.6) is 0 Å². The Morgan fingerprint density at radius 2 is 1.96 bits per heavy atom. The second-order valence-corrected chi connectivity index (χ2v) is 10.5. The third kappa shape index (κ3) is 4.22. The molecule has 5 nitrogen and oxygen atoms in total. The second kappa shape index (κ2) is 8.40. The highest BCUT2D eigenvalue weighted by Crippen LogP contribution is 2.55. The number of hydrogen-bond donors (Lipinski definition) is 0. The molecule has 0 N–H and O–H groups in total. The number of benzene rings is 1. The molecular weight excluding hydrogens is 375 g/mol. The summed E-state index contributed by atoms with van der Waals surface area (Å²) in [6.07, 6.45) is 4.96. The van der Waals surface area contributed by atoms with Crippen LogP contribution in [-0.2, 0) is 13.6 Å². The normalized spacial score (nSPS) is 26.6. The van der Waals surface area contributed by atoms with Crippen LogP contribution in [0.3, 0.4) is 0 Å². The molecule has 0 bridgehead atoms. The number of hydrogen-bond acceptors (Lipinski definition) is 7. The molecule has 1 aromatic carbocycles. The molecule has 0 spiro atoms. The number of nitrogens with zero attached hydrogens (tertiary/aromatic N) is 2. The number of fused-ring (bicyclic) bond motifs is 1. The van der Waals surface area contributed by atoms with E-state index in [0.717, 1.165) is 22.9 Å². The molecule has 0 radical (unpaired) electrons. The molecule has 1 fully saturated rings. The number of rotatable bonds is 5. The van der Waals surface area contributed by atoms with Crippen molar-refractivity contribution in [3.05, 3.63) is 30.3 Å². The standard InChI is InChI=1S/C17H23N2O3PS2/c1-21-23(20,22-2)15-11-12-9-10-14(16(12)19-15)25-17(24-3)18-13-7-5-4-6-8-13/h4-8,12,14,16H,9-11H2,1-3H3/t12-,14+,16+/m1/s1. The van der Waals surface area contributed by atoms with E-state index in [1.807, 2.05) is 30.3 Å². The Morgan fingerprint density at radius 3 is 2.60 bits per heavy atom. The van der Waals surface area contributed by atoms with E-state index in [2.05, 4.69) is 6.26 Å². The number of para-hydroxylation sites is 1. The van der Waals surface area contributed by atoms with Gasteiger partial charge in [0, 0.05) is 25.9 Å². The fourth-order valence-corrected chi connectivity index (χ4v) is 6.70. The van der Waals surface area contributed by atoms with E-state index in [-0.39, 0.29) is 6.04 Å². The largest absolute Gasteiger partial charge is 0.374 e. The summed E-state index contributed by atoms with van der Waals surface area (Å²) >= 11 is 3.45. The predicted octanol–water partition coefficient (Wildman–Crippen LogP) is 5.21. The molecule has 25 heavy (non-hydrogen) atoms. The van der Waals surface area contributed by atoms with Crippen LogP contribution in [0, 0.1) is 5.92 Å². The molecule has 0 aromatic heterocycles. The first kappa shape index (κ1) is 19.2. The molecule has 3 atom stereocenters. The Kier molecular flexibility index (Phi) is 6.44. The monoisotopic (exact) mass is 398 g/mol. The zero-order valence-corrected chi connectivity index (χ0v) is 17.2. The lowest BCUT2D eigenvalue weighted by atomic mass is 10.0. The minimum absolute atomic E-state index is 0.173. The summed E-state index contributed by atoms with van der Waals surface area (Å²) in [7, 11) is -0.356. The minimum Gasteiger partial charge on any atom is -0.308 e. The van der Waals surface area contributed by atoms with Gasteiger partial charge in [0.25, 0.3) is 0 Å². The van der Waals surface area contributed by atoms with Gasteiger partial charge < -0.3 is 9.05 Å². The highest BCUT2D eigenvalue weighted by Gasteiger charge is 2.46. The Balaban J connectivity index is 1.75. The van der Waals surface area contributed by atoms with Crippen molar-refractivity contribution in [1.82, 2.24) is 0 Å². The summed E-state index contributed by atoms with van der Waals surface area (Å²) in [5, 5.41) is 0.361. The second-order valence-electron chi connectivity index (χ2n) is 6.01. The minimum atomic E-state index is -3.20. The van der Waals surface area contributed by atoms with E-state index < -0.39 is 7.60 Å². The summed E-state index contributed by atoms with van der Waals surface area (Å²) in [5.41, 5.74) is 1.57. The fraction of sp³-hybridized carbons (Fsp3) is 0.529. The van der Waals surface area contributed by atoms with Crippen molar-refractivity contribution < 1.29 is 13.6 Å². The Labute approximate surface area is 157 Å². The SMILES string of the molecule is COP(=O)(OC)C1=N[C@H]2[C@H](CC[C@@H]2SC(=Nc2ccccc2)SC)C1. The molecule has 2 aliphatic rings. The van der Waals surface area contributed by atoms with Crippen LogP contribution < -0.4 is 0 Å². The van der Waals surface area contributed by atoms with Gasteiger partial charge >= 0.3 is 7.60 Å². The van der Waals surface area contributed by atoms with Gasteiger partial charge in [0.2, 0.25) is 0 Å². The van der Waals surface area contributed by atoms with Crippen LogP contribution in [0.15, 0.2) is 40.3 Å². The highest BCUT2D eigenvalue weighted by atomic mass is 32.2. The summed E-state index contributed by atoms with van der Waals surface area (Å²) in [5.74, 6) is 0.436. The molecule has 136 valence electrons. The summed E-state index contributed by atoms with van der Waals surface area (Å²) < 4.78 is 23.9. The van der Waals surface area contributed by atoms with Crippen LogP contribution in [0.2, 0.25) is 0 Å². The molecule has 1 aliphatic heterocycles. The van der Waals surface area contributed by atoms with Crippen molar-refractivity contribution in [3.8, 4) is 0 Å². The van der Waals surface area contributed by atoms with E-state index in [1.165, 1.54) is 14.2 Å². The van der Waals surface area contributed by atoms with E-state index >= 15 is 0 Å². The van der Waals surface area contributed by atoms with Gasteiger partial charge in [0.05, 0.1) is 11.7 Å². The van der Waals surface area contributed by atoms with Crippen LogP contribution in [0.4, 0.5) is 5.69 Å². The Hall–Kier alpha value is -0.590. The fourth-order valence-electron chi connectivity index (χ4n) is 3.35. The van der Waals surface area contributed by atoms with Crippen LogP contribution in [0.1, 0.15) is 19.3 Å². The van der Waals surface area contributed by atoms with Crippen molar-refractivity contribution in [2.24, 2.45) is 15.9 Å². The molecule has 1 aromatic rings. The van der Waals surface area contributed by atoms with Crippen molar-refractivity contribution in [1.29, 1.82) is 0 Å². The Morgan fingerprint density at radius 1 is 1.24 bits per heavy atom. The number of thioether (sulfide) groups is 2. The van der Waals surface area contributed by atoms with E-state index in [4.69, 9.17) is 19.0 Å². The van der Waals surface area contributed by atoms with Gasteiger partial charge in [-0.3, -0.25) is 9.56 Å². The summed E-state index contributed by atoms with van der Waals surface area (Å²) in [6, 6.07) is 10.2. The molecule has 0 amide bonds. The topological polar surface area (TPSA) is 60.2 Å². The predicted molar refractivity (Wildman–Crippen MR) is 109 cm³/mol. The molecular formula is C17H23N2O3PS2. The first-order chi connectivity index (χ1) is 12.1. The average Bonchev–Trinajstić information content (AvgIpc) is 3.23. The van der Waals surface area contributed by atoms with Gasteiger partial charge in [-0.05, 0) is 37.1 Å². The quantitative estimate of drug-likeness (QED) is 0.387. The van der Waals surface area contributed by atoms with Crippen LogP contribution in [0.25, 0.3) is 0 Å². The maximum absolute atomic E-state index is 12.6. The average molecular weight is 398 g/mol. The lowest BCUT2D eigenvalue weighted by Gasteiger charge is -2.16. The summed E-state index contributed by atoms with van der Waals surface area (Å²) in [6.45, 7) is 0. The van der Waals surface area contributed by atoms with Crippen molar-refractivity contribution >= 4 is 46.6 Å². The van der Waals surface area contributed by atoms with E-state index in [0.29, 0.717) is 23.0 Å². The maximum Gasteiger partial charge on any atom is 0.374 e. The lowest BCUT2D eigenvalue weighted by Crippen LogP contribution is -2.18. The molecule has 3 rings (SSSR count). The van der Waals surface area contributed by atoms with Crippen LogP contribution >= 0.6 is 31.1 Å². The van der Waals surface area contributed by atoms with Gasteiger partial charge in [-0.1, -0.05) is 30.0 Å². The van der Waals surface area contributed by atoms with Gasteiger partial charge in [-0.25, -0.2) is 4.99 Å². The third-order valence-electron chi connectivity index (χ3n) is 4.63. The molecule has 0 saturated heterocycles. The first-order valence-electron chi connectivity index (χ1n) is 8.22. The molecule has 0 unspecified atom stereocenters. The molecule has 1 aliphatic carbocycles. The zero-order valence-electron chi connectivity index (χ0n) is 14.6. The van der Waals surface area contributed by atoms with Gasteiger partial charge in [-0.15, -0.1) is 11.8 Å². The van der Waals surface area contributed by atoms with Gasteiger partial charge in [0.1, 0.15) is 9.83 Å². The third-order valence-corrected chi connectivity index (χ3v) is 8.86. The number of aliphatic imine (C=N–C) groups is 2. The highest BCUT2D eigenvalue weighted by molar-refractivity contribution is 8.38. The molecule has 1 heterocycles.